The van der Waals surface area contributed by atoms with Gasteiger partial charge in [-0.25, -0.2) is 0 Å². The van der Waals surface area contributed by atoms with E-state index in [0.717, 1.165) is 11.0 Å². The maximum absolute atomic E-state index is 4.43. The first-order valence-electron chi connectivity index (χ1n) is 5.16. The first-order valence-corrected chi connectivity index (χ1v) is 6.04. The van der Waals surface area contributed by atoms with Gasteiger partial charge in [-0.1, -0.05) is 0 Å². The SMILES string of the molecule is c1cnc2c(c1)[nH]c1c3ccsc3ccc21. The van der Waals surface area contributed by atoms with Crippen LogP contribution in [-0.2, 0) is 0 Å². The van der Waals surface area contributed by atoms with Gasteiger partial charge in [0.05, 0.1) is 16.6 Å². The molecule has 0 saturated carbocycles. The molecule has 0 saturated heterocycles. The number of aromatic nitrogens is 2. The summed E-state index contributed by atoms with van der Waals surface area (Å²) in [7, 11) is 0. The summed E-state index contributed by atoms with van der Waals surface area (Å²) in [6, 6.07) is 10.5. The molecule has 2 nitrogen and oxygen atoms in total. The van der Waals surface area contributed by atoms with Crippen LogP contribution in [0.15, 0.2) is 41.9 Å². The van der Waals surface area contributed by atoms with Crippen molar-refractivity contribution in [2.24, 2.45) is 0 Å². The van der Waals surface area contributed by atoms with Crippen LogP contribution in [0, 0.1) is 0 Å². The van der Waals surface area contributed by atoms with E-state index in [1.54, 1.807) is 11.3 Å². The number of rotatable bonds is 0. The molecule has 16 heavy (non-hydrogen) atoms. The highest BCUT2D eigenvalue weighted by atomic mass is 32.1. The van der Waals surface area contributed by atoms with Crippen molar-refractivity contribution in [2.75, 3.05) is 0 Å². The fourth-order valence-electron chi connectivity index (χ4n) is 2.23. The zero-order chi connectivity index (χ0) is 10.5. The molecule has 1 N–H and O–H groups in total. The zero-order valence-corrected chi connectivity index (χ0v) is 9.21. The van der Waals surface area contributed by atoms with Crippen LogP contribution in [0.2, 0.25) is 0 Å². The lowest BCUT2D eigenvalue weighted by Crippen LogP contribution is -1.71. The molecule has 3 heterocycles. The van der Waals surface area contributed by atoms with Gasteiger partial charge in [-0.15, -0.1) is 11.3 Å². The van der Waals surface area contributed by atoms with Crippen LogP contribution in [0.3, 0.4) is 0 Å². The number of nitrogens with zero attached hydrogens (tertiary/aromatic N) is 1. The van der Waals surface area contributed by atoms with Crippen molar-refractivity contribution >= 4 is 43.4 Å². The van der Waals surface area contributed by atoms with Gasteiger partial charge in [0.25, 0.3) is 0 Å². The maximum Gasteiger partial charge on any atom is 0.0957 e. The van der Waals surface area contributed by atoms with Gasteiger partial charge in [-0.05, 0) is 35.7 Å². The van der Waals surface area contributed by atoms with Crippen LogP contribution >= 0.6 is 11.3 Å². The third-order valence-corrected chi connectivity index (χ3v) is 3.84. The maximum atomic E-state index is 4.43. The molecule has 0 radical (unpaired) electrons. The number of hydrogen-bond acceptors (Lipinski definition) is 2. The highest BCUT2D eigenvalue weighted by Gasteiger charge is 2.08. The molecule has 0 bridgehead atoms. The van der Waals surface area contributed by atoms with Crippen LogP contribution in [0.4, 0.5) is 0 Å². The minimum Gasteiger partial charge on any atom is -0.353 e. The fourth-order valence-corrected chi connectivity index (χ4v) is 3.03. The van der Waals surface area contributed by atoms with Crippen LogP contribution in [0.5, 0.6) is 0 Å². The lowest BCUT2D eigenvalue weighted by atomic mass is 10.2. The number of benzene rings is 1. The molecule has 0 unspecified atom stereocenters. The molecule has 0 atom stereocenters. The Labute approximate surface area is 95.5 Å². The van der Waals surface area contributed by atoms with Crippen LogP contribution < -0.4 is 0 Å². The molecule has 0 aliphatic heterocycles. The molecule has 4 rings (SSSR count). The smallest absolute Gasteiger partial charge is 0.0957 e. The molecule has 0 aliphatic carbocycles. The summed E-state index contributed by atoms with van der Waals surface area (Å²) in [5.74, 6) is 0. The molecule has 3 aromatic heterocycles. The van der Waals surface area contributed by atoms with Crippen molar-refractivity contribution in [3.05, 3.63) is 41.9 Å². The van der Waals surface area contributed by atoms with E-state index >= 15 is 0 Å². The number of H-pyrrole nitrogens is 1. The quantitative estimate of drug-likeness (QED) is 0.481. The van der Waals surface area contributed by atoms with E-state index in [1.807, 2.05) is 12.3 Å². The second kappa shape index (κ2) is 2.83. The fraction of sp³-hybridized carbons (Fsp3) is 0. The standard InChI is InChI=1S/C13H8N2S/c1-2-10-13(14-6-1)9-3-4-11-8(5-7-16-11)12(9)15-10/h1-7,15H. The van der Waals surface area contributed by atoms with Crippen molar-refractivity contribution in [3.63, 3.8) is 0 Å². The third kappa shape index (κ3) is 0.933. The van der Waals surface area contributed by atoms with Gasteiger partial charge in [0.1, 0.15) is 0 Å². The second-order valence-corrected chi connectivity index (χ2v) is 4.79. The van der Waals surface area contributed by atoms with E-state index < -0.39 is 0 Å². The summed E-state index contributed by atoms with van der Waals surface area (Å²) in [4.78, 5) is 7.88. The van der Waals surface area contributed by atoms with Gasteiger partial charge in [0.2, 0.25) is 0 Å². The molecule has 1 aromatic carbocycles. The van der Waals surface area contributed by atoms with Crippen molar-refractivity contribution in [1.82, 2.24) is 9.97 Å². The number of hydrogen-bond donors (Lipinski definition) is 1. The summed E-state index contributed by atoms with van der Waals surface area (Å²) in [6.45, 7) is 0. The molecule has 0 aliphatic rings. The van der Waals surface area contributed by atoms with Gasteiger partial charge in [0, 0.05) is 21.7 Å². The number of pyridine rings is 1. The molecule has 0 fully saturated rings. The number of fused-ring (bicyclic) bond motifs is 5. The van der Waals surface area contributed by atoms with Crippen LogP contribution in [0.25, 0.3) is 32.0 Å². The van der Waals surface area contributed by atoms with E-state index in [2.05, 4.69) is 39.6 Å². The van der Waals surface area contributed by atoms with E-state index in [4.69, 9.17) is 0 Å². The Hall–Kier alpha value is -1.87. The molecule has 0 spiro atoms. The van der Waals surface area contributed by atoms with Crippen molar-refractivity contribution < 1.29 is 0 Å². The Balaban J connectivity index is 2.38. The van der Waals surface area contributed by atoms with Gasteiger partial charge >= 0.3 is 0 Å². The normalized spacial score (nSPS) is 11.8. The number of thiophene rings is 1. The molecular formula is C13H8N2S. The lowest BCUT2D eigenvalue weighted by molar-refractivity contribution is 1.42. The lowest BCUT2D eigenvalue weighted by Gasteiger charge is -1.92. The first kappa shape index (κ1) is 8.30. The monoisotopic (exact) mass is 224 g/mol. The van der Waals surface area contributed by atoms with Gasteiger partial charge in [0.15, 0.2) is 0 Å². The Morgan fingerprint density at radius 2 is 2.06 bits per heavy atom. The minimum absolute atomic E-state index is 1.06. The Morgan fingerprint density at radius 3 is 3.06 bits per heavy atom. The van der Waals surface area contributed by atoms with E-state index in [-0.39, 0.29) is 0 Å². The molecule has 3 heteroatoms. The predicted octanol–water partition coefficient (Wildman–Crippen LogP) is 3.93. The summed E-state index contributed by atoms with van der Waals surface area (Å²) in [5.41, 5.74) is 3.37. The van der Waals surface area contributed by atoms with E-state index in [9.17, 15) is 0 Å². The Morgan fingerprint density at radius 1 is 1.06 bits per heavy atom. The van der Waals surface area contributed by atoms with Gasteiger partial charge in [-0.2, -0.15) is 0 Å². The highest BCUT2D eigenvalue weighted by molar-refractivity contribution is 7.17. The van der Waals surface area contributed by atoms with Gasteiger partial charge < -0.3 is 4.98 Å². The summed E-state index contributed by atoms with van der Waals surface area (Å²) >= 11 is 1.77. The topological polar surface area (TPSA) is 28.7 Å². The number of nitrogens with one attached hydrogen (secondary N) is 1. The van der Waals surface area contributed by atoms with Crippen LogP contribution in [-0.4, -0.2) is 9.97 Å². The Bertz CT molecular complexity index is 810. The molecular weight excluding hydrogens is 216 g/mol. The highest BCUT2D eigenvalue weighted by Crippen LogP contribution is 2.32. The Kier molecular flexibility index (Phi) is 1.47. The van der Waals surface area contributed by atoms with Gasteiger partial charge in [-0.3, -0.25) is 4.98 Å². The van der Waals surface area contributed by atoms with E-state index in [0.29, 0.717) is 0 Å². The summed E-state index contributed by atoms with van der Waals surface area (Å²) in [6.07, 6.45) is 1.84. The zero-order valence-electron chi connectivity index (χ0n) is 8.40. The largest absolute Gasteiger partial charge is 0.353 e. The predicted molar refractivity (Wildman–Crippen MR) is 69.0 cm³/mol. The van der Waals surface area contributed by atoms with E-state index in [1.165, 1.54) is 21.0 Å². The summed E-state index contributed by atoms with van der Waals surface area (Å²) < 4.78 is 1.32. The van der Waals surface area contributed by atoms with Crippen molar-refractivity contribution in [2.45, 2.75) is 0 Å². The average Bonchev–Trinajstić information content (AvgIpc) is 2.92. The number of aromatic amines is 1. The van der Waals surface area contributed by atoms with Crippen molar-refractivity contribution in [3.8, 4) is 0 Å². The molecule has 76 valence electrons. The average molecular weight is 224 g/mol. The minimum atomic E-state index is 1.06. The van der Waals surface area contributed by atoms with Crippen LogP contribution in [0.1, 0.15) is 0 Å². The first-order chi connectivity index (χ1) is 7.93. The van der Waals surface area contributed by atoms with Crippen molar-refractivity contribution in [1.29, 1.82) is 0 Å². The molecule has 4 aromatic rings. The molecule has 0 amide bonds. The third-order valence-electron chi connectivity index (χ3n) is 2.96. The second-order valence-electron chi connectivity index (χ2n) is 3.85. The summed E-state index contributed by atoms with van der Waals surface area (Å²) in [5, 5.41) is 4.63.